The summed E-state index contributed by atoms with van der Waals surface area (Å²) in [6.45, 7) is 3.57. The summed E-state index contributed by atoms with van der Waals surface area (Å²) >= 11 is 0. The smallest absolute Gasteiger partial charge is 0.462 e. The topological polar surface area (TPSA) is 134 Å². The molecule has 0 rings (SSSR count). The van der Waals surface area contributed by atoms with Crippen LogP contribution in [0.1, 0.15) is 162 Å². The number of phosphoric acid groups is 1. The summed E-state index contributed by atoms with van der Waals surface area (Å²) in [5.41, 5.74) is 5.32. The number of carbonyl (C=O) groups is 2. The zero-order valence-corrected chi connectivity index (χ0v) is 31.4. The molecule has 0 saturated carbocycles. The van der Waals surface area contributed by atoms with Gasteiger partial charge in [-0.25, -0.2) is 4.57 Å². The number of ether oxygens (including phenoxy) is 2. The molecule has 280 valence electrons. The summed E-state index contributed by atoms with van der Waals surface area (Å²) in [7, 11) is -4.38. The van der Waals surface area contributed by atoms with Crippen LogP contribution in [0.4, 0.5) is 0 Å². The molecular formula is C38H70NO8P. The Labute approximate surface area is 293 Å². The van der Waals surface area contributed by atoms with Crippen LogP contribution in [-0.4, -0.2) is 49.3 Å². The van der Waals surface area contributed by atoms with Crippen LogP contribution in [0, 0.1) is 0 Å². The highest BCUT2D eigenvalue weighted by atomic mass is 31.2. The average molecular weight is 700 g/mol. The van der Waals surface area contributed by atoms with Gasteiger partial charge in [-0.3, -0.25) is 18.6 Å². The summed E-state index contributed by atoms with van der Waals surface area (Å²) in [5.74, 6) is -0.863. The van der Waals surface area contributed by atoms with Crippen LogP contribution in [0.25, 0.3) is 0 Å². The first-order chi connectivity index (χ1) is 23.3. The molecule has 0 bridgehead atoms. The highest BCUT2D eigenvalue weighted by Crippen LogP contribution is 2.43. The molecule has 0 aromatic heterocycles. The lowest BCUT2D eigenvalue weighted by molar-refractivity contribution is -0.161. The maximum atomic E-state index is 12.5. The second-order valence-electron chi connectivity index (χ2n) is 12.4. The standard InChI is InChI=1S/C38H70NO8P/c1-3-5-7-9-11-13-15-17-19-20-22-24-26-28-30-37(40)44-34-36(35-46-48(42,43)45-33-32-39)47-38(41)31-29-27-25-23-21-18-16-14-12-10-8-6-4-2/h6,8,12,14,18,21,36H,3-5,7,9-11,13,15-17,19-20,22-35,39H2,1-2H3,(H,42,43)/b8-6-,14-12-,21-18-. The lowest BCUT2D eigenvalue weighted by Gasteiger charge is -2.19. The SMILES string of the molecule is CC/C=C\C/C=C\C/C=C\CCCCCC(=O)OC(COC(=O)CCCCCCCCCCCCCCCC)COP(=O)(O)OCCN. The first-order valence-corrected chi connectivity index (χ1v) is 20.5. The Morgan fingerprint density at radius 2 is 1.15 bits per heavy atom. The molecule has 3 N–H and O–H groups in total. The minimum atomic E-state index is -4.38. The Hall–Kier alpha value is -1.77. The molecule has 2 atom stereocenters. The predicted octanol–water partition coefficient (Wildman–Crippen LogP) is 10.2. The molecule has 0 amide bonds. The van der Waals surface area contributed by atoms with Gasteiger partial charge in [0.1, 0.15) is 6.61 Å². The fourth-order valence-electron chi connectivity index (χ4n) is 5.00. The van der Waals surface area contributed by atoms with Crippen molar-refractivity contribution < 1.29 is 37.6 Å². The number of allylic oxidation sites excluding steroid dienone is 6. The average Bonchev–Trinajstić information content (AvgIpc) is 3.07. The summed E-state index contributed by atoms with van der Waals surface area (Å²) in [6, 6.07) is 0. The molecule has 0 aliphatic rings. The summed E-state index contributed by atoms with van der Waals surface area (Å²) < 4.78 is 32.6. The molecule has 0 heterocycles. The number of hydrogen-bond acceptors (Lipinski definition) is 8. The minimum absolute atomic E-state index is 0.0486. The van der Waals surface area contributed by atoms with E-state index in [1.807, 2.05) is 0 Å². The van der Waals surface area contributed by atoms with E-state index in [0.717, 1.165) is 57.8 Å². The summed E-state index contributed by atoms with van der Waals surface area (Å²) in [5, 5.41) is 0. The first kappa shape index (κ1) is 46.2. The zero-order valence-electron chi connectivity index (χ0n) is 30.5. The van der Waals surface area contributed by atoms with E-state index in [4.69, 9.17) is 24.3 Å². The van der Waals surface area contributed by atoms with Crippen molar-refractivity contribution in [2.75, 3.05) is 26.4 Å². The number of carbonyl (C=O) groups excluding carboxylic acids is 2. The molecule has 10 heteroatoms. The monoisotopic (exact) mass is 699 g/mol. The Balaban J connectivity index is 4.26. The zero-order chi connectivity index (χ0) is 35.4. The lowest BCUT2D eigenvalue weighted by atomic mass is 10.0. The molecule has 0 fully saturated rings. The van der Waals surface area contributed by atoms with Gasteiger partial charge < -0.3 is 20.1 Å². The van der Waals surface area contributed by atoms with E-state index in [1.165, 1.54) is 70.6 Å². The second-order valence-corrected chi connectivity index (χ2v) is 13.9. The van der Waals surface area contributed by atoms with Crippen LogP contribution in [0.2, 0.25) is 0 Å². The van der Waals surface area contributed by atoms with E-state index in [9.17, 15) is 19.0 Å². The van der Waals surface area contributed by atoms with Gasteiger partial charge in [0.25, 0.3) is 0 Å². The highest BCUT2D eigenvalue weighted by Gasteiger charge is 2.25. The Bertz CT molecular complexity index is 892. The highest BCUT2D eigenvalue weighted by molar-refractivity contribution is 7.47. The number of hydrogen-bond donors (Lipinski definition) is 2. The molecule has 9 nitrogen and oxygen atoms in total. The quantitative estimate of drug-likeness (QED) is 0.0287. The fraction of sp³-hybridized carbons (Fsp3) is 0.789. The third-order valence-electron chi connectivity index (χ3n) is 7.79. The van der Waals surface area contributed by atoms with Crippen LogP contribution in [0.15, 0.2) is 36.5 Å². The predicted molar refractivity (Wildman–Crippen MR) is 197 cm³/mol. The normalized spacial score (nSPS) is 13.8. The van der Waals surface area contributed by atoms with Crippen molar-refractivity contribution in [3.05, 3.63) is 36.5 Å². The fourth-order valence-corrected chi connectivity index (χ4v) is 5.77. The van der Waals surface area contributed by atoms with Crippen molar-refractivity contribution in [3.8, 4) is 0 Å². The van der Waals surface area contributed by atoms with Gasteiger partial charge >= 0.3 is 19.8 Å². The van der Waals surface area contributed by atoms with Crippen molar-refractivity contribution >= 4 is 19.8 Å². The van der Waals surface area contributed by atoms with Gasteiger partial charge in [0.15, 0.2) is 6.10 Å². The number of rotatable bonds is 35. The van der Waals surface area contributed by atoms with Crippen LogP contribution >= 0.6 is 7.82 Å². The number of esters is 2. The molecule has 0 aromatic carbocycles. The number of phosphoric ester groups is 1. The summed E-state index contributed by atoms with van der Waals surface area (Å²) in [4.78, 5) is 34.7. The van der Waals surface area contributed by atoms with Crippen LogP contribution < -0.4 is 5.73 Å². The Kier molecular flexibility index (Phi) is 33.8. The molecule has 2 unspecified atom stereocenters. The molecule has 0 spiro atoms. The van der Waals surface area contributed by atoms with Crippen molar-refractivity contribution in [2.45, 2.75) is 168 Å². The van der Waals surface area contributed by atoms with Gasteiger partial charge in [-0.15, -0.1) is 0 Å². The number of nitrogens with two attached hydrogens (primary N) is 1. The molecular weight excluding hydrogens is 629 g/mol. The van der Waals surface area contributed by atoms with Gasteiger partial charge in [0.05, 0.1) is 13.2 Å². The molecule has 0 aromatic rings. The number of unbranched alkanes of at least 4 members (excludes halogenated alkanes) is 16. The van der Waals surface area contributed by atoms with Crippen LogP contribution in [0.5, 0.6) is 0 Å². The van der Waals surface area contributed by atoms with Gasteiger partial charge in [-0.1, -0.05) is 140 Å². The third-order valence-corrected chi connectivity index (χ3v) is 8.77. The van der Waals surface area contributed by atoms with Crippen molar-refractivity contribution in [2.24, 2.45) is 5.73 Å². The molecule has 0 aliphatic carbocycles. The third kappa shape index (κ3) is 34.1. The van der Waals surface area contributed by atoms with Crippen molar-refractivity contribution in [1.82, 2.24) is 0 Å². The van der Waals surface area contributed by atoms with E-state index in [1.54, 1.807) is 0 Å². The molecule has 48 heavy (non-hydrogen) atoms. The maximum absolute atomic E-state index is 12.5. The Morgan fingerprint density at radius 1 is 0.646 bits per heavy atom. The van der Waals surface area contributed by atoms with Crippen LogP contribution in [-0.2, 0) is 32.7 Å². The van der Waals surface area contributed by atoms with Gasteiger partial charge in [0, 0.05) is 19.4 Å². The Morgan fingerprint density at radius 3 is 1.71 bits per heavy atom. The molecule has 0 radical (unpaired) electrons. The van der Waals surface area contributed by atoms with Gasteiger partial charge in [-0.2, -0.15) is 0 Å². The van der Waals surface area contributed by atoms with Crippen molar-refractivity contribution in [1.29, 1.82) is 0 Å². The van der Waals surface area contributed by atoms with E-state index < -0.39 is 32.5 Å². The van der Waals surface area contributed by atoms with Gasteiger partial charge in [-0.05, 0) is 44.9 Å². The minimum Gasteiger partial charge on any atom is -0.462 e. The lowest BCUT2D eigenvalue weighted by Crippen LogP contribution is -2.29. The summed E-state index contributed by atoms with van der Waals surface area (Å²) in [6.07, 6.45) is 36.1. The van der Waals surface area contributed by atoms with E-state index >= 15 is 0 Å². The molecule has 0 aliphatic heterocycles. The molecule has 0 saturated heterocycles. The maximum Gasteiger partial charge on any atom is 0.472 e. The van der Waals surface area contributed by atoms with Gasteiger partial charge in [0.2, 0.25) is 0 Å². The van der Waals surface area contributed by atoms with Crippen molar-refractivity contribution in [3.63, 3.8) is 0 Å². The largest absolute Gasteiger partial charge is 0.472 e. The first-order valence-electron chi connectivity index (χ1n) is 19.0. The second kappa shape index (κ2) is 35.1. The van der Waals surface area contributed by atoms with Crippen LogP contribution in [0.3, 0.4) is 0 Å². The van der Waals surface area contributed by atoms with E-state index in [2.05, 4.69) is 50.3 Å². The van der Waals surface area contributed by atoms with E-state index in [-0.39, 0.29) is 32.6 Å². The van der Waals surface area contributed by atoms with E-state index in [0.29, 0.717) is 6.42 Å².